The molecule has 0 bridgehead atoms. The van der Waals surface area contributed by atoms with Crippen LogP contribution in [0.2, 0.25) is 5.02 Å². The van der Waals surface area contributed by atoms with Crippen molar-refractivity contribution in [3.05, 3.63) is 29.5 Å². The second kappa shape index (κ2) is 4.97. The maximum atomic E-state index is 5.73. The molecule has 2 aromatic rings. The first kappa shape index (κ1) is 11.6. The quantitative estimate of drug-likeness (QED) is 0.837. The molecule has 0 saturated carbocycles. The number of methoxy groups -OCH3 is 2. The minimum absolute atomic E-state index is 0.409. The molecule has 17 heavy (non-hydrogen) atoms. The Bertz CT molecular complexity index is 517. The van der Waals surface area contributed by atoms with Crippen molar-refractivity contribution >= 4 is 11.6 Å². The van der Waals surface area contributed by atoms with E-state index in [1.54, 1.807) is 19.2 Å². The Kier molecular flexibility index (Phi) is 3.39. The van der Waals surface area contributed by atoms with Crippen LogP contribution in [-0.4, -0.2) is 29.2 Å². The minimum Gasteiger partial charge on any atom is -0.481 e. The molecule has 0 saturated heterocycles. The highest BCUT2D eigenvalue weighted by molar-refractivity contribution is 6.30. The summed E-state index contributed by atoms with van der Waals surface area (Å²) in [7, 11) is 3.07. The van der Waals surface area contributed by atoms with E-state index >= 15 is 0 Å². The third kappa shape index (κ3) is 2.45. The van der Waals surface area contributed by atoms with Gasteiger partial charge in [0.2, 0.25) is 11.8 Å². The van der Waals surface area contributed by atoms with Crippen molar-refractivity contribution in [2.24, 2.45) is 0 Å². The molecule has 0 aromatic carbocycles. The fraction of sp³-hybridized carbons (Fsp3) is 0.182. The van der Waals surface area contributed by atoms with Crippen molar-refractivity contribution in [2.75, 3.05) is 14.2 Å². The SMILES string of the molecule is COc1ccc(-c2ncc(Cl)cn2)c(OC)n1. The van der Waals surface area contributed by atoms with Gasteiger partial charge in [-0.25, -0.2) is 9.97 Å². The normalized spacial score (nSPS) is 10.1. The van der Waals surface area contributed by atoms with Crippen molar-refractivity contribution in [1.29, 1.82) is 0 Å². The molecule has 5 nitrogen and oxygen atoms in total. The smallest absolute Gasteiger partial charge is 0.227 e. The average Bonchev–Trinajstić information content (AvgIpc) is 2.39. The van der Waals surface area contributed by atoms with E-state index in [0.29, 0.717) is 28.2 Å². The molecule has 0 aliphatic heterocycles. The first-order valence-electron chi connectivity index (χ1n) is 4.81. The highest BCUT2D eigenvalue weighted by Gasteiger charge is 2.11. The minimum atomic E-state index is 0.409. The largest absolute Gasteiger partial charge is 0.481 e. The molecule has 0 fully saturated rings. The number of ether oxygens (including phenoxy) is 2. The van der Waals surface area contributed by atoms with E-state index < -0.39 is 0 Å². The predicted molar refractivity (Wildman–Crippen MR) is 63.4 cm³/mol. The van der Waals surface area contributed by atoms with E-state index in [1.807, 2.05) is 0 Å². The molecule has 2 heterocycles. The number of pyridine rings is 1. The summed E-state index contributed by atoms with van der Waals surface area (Å²) in [5, 5.41) is 0.481. The zero-order chi connectivity index (χ0) is 12.3. The Balaban J connectivity index is 2.47. The maximum Gasteiger partial charge on any atom is 0.227 e. The van der Waals surface area contributed by atoms with Crippen molar-refractivity contribution in [3.8, 4) is 23.1 Å². The Morgan fingerprint density at radius 3 is 2.35 bits per heavy atom. The fourth-order valence-electron chi connectivity index (χ4n) is 1.31. The Morgan fingerprint density at radius 2 is 1.76 bits per heavy atom. The van der Waals surface area contributed by atoms with Crippen LogP contribution in [0.1, 0.15) is 0 Å². The molecule has 88 valence electrons. The van der Waals surface area contributed by atoms with Gasteiger partial charge < -0.3 is 9.47 Å². The lowest BCUT2D eigenvalue weighted by atomic mass is 10.2. The van der Waals surface area contributed by atoms with Crippen LogP contribution in [0, 0.1) is 0 Å². The van der Waals surface area contributed by atoms with Crippen molar-refractivity contribution in [3.63, 3.8) is 0 Å². The third-order valence-electron chi connectivity index (χ3n) is 2.10. The molecular weight excluding hydrogens is 242 g/mol. The summed E-state index contributed by atoms with van der Waals surface area (Å²) < 4.78 is 10.2. The first-order chi connectivity index (χ1) is 8.24. The summed E-state index contributed by atoms with van der Waals surface area (Å²) in [4.78, 5) is 12.4. The van der Waals surface area contributed by atoms with Crippen LogP contribution in [0.3, 0.4) is 0 Å². The molecule has 0 atom stereocenters. The Morgan fingerprint density at radius 1 is 1.06 bits per heavy atom. The van der Waals surface area contributed by atoms with Gasteiger partial charge in [-0.1, -0.05) is 11.6 Å². The van der Waals surface area contributed by atoms with Gasteiger partial charge in [0.25, 0.3) is 0 Å². The zero-order valence-electron chi connectivity index (χ0n) is 9.35. The molecular formula is C11H10ClN3O2. The third-order valence-corrected chi connectivity index (χ3v) is 2.29. The summed E-state index contributed by atoms with van der Waals surface area (Å²) in [6, 6.07) is 3.50. The summed E-state index contributed by atoms with van der Waals surface area (Å²) in [6.45, 7) is 0. The van der Waals surface area contributed by atoms with Crippen LogP contribution in [0.15, 0.2) is 24.5 Å². The lowest BCUT2D eigenvalue weighted by Crippen LogP contribution is -1.97. The van der Waals surface area contributed by atoms with E-state index in [4.69, 9.17) is 21.1 Å². The second-order valence-corrected chi connectivity index (χ2v) is 3.57. The lowest BCUT2D eigenvalue weighted by Gasteiger charge is -2.07. The molecule has 0 unspecified atom stereocenters. The summed E-state index contributed by atoms with van der Waals surface area (Å²) in [5.74, 6) is 1.38. The van der Waals surface area contributed by atoms with Gasteiger partial charge in [-0.2, -0.15) is 4.98 Å². The summed E-state index contributed by atoms with van der Waals surface area (Å²) >= 11 is 5.73. The van der Waals surface area contributed by atoms with Crippen molar-refractivity contribution in [1.82, 2.24) is 15.0 Å². The topological polar surface area (TPSA) is 57.1 Å². The average molecular weight is 252 g/mol. The summed E-state index contributed by atoms with van der Waals surface area (Å²) in [5.41, 5.74) is 0.685. The Hall–Kier alpha value is -1.88. The van der Waals surface area contributed by atoms with E-state index in [2.05, 4.69) is 15.0 Å². The van der Waals surface area contributed by atoms with Crippen LogP contribution in [-0.2, 0) is 0 Å². The number of hydrogen-bond acceptors (Lipinski definition) is 5. The van der Waals surface area contributed by atoms with Gasteiger partial charge in [-0.05, 0) is 6.07 Å². The van der Waals surface area contributed by atoms with Crippen LogP contribution < -0.4 is 9.47 Å². The molecule has 0 aliphatic rings. The molecule has 0 aliphatic carbocycles. The molecule has 0 N–H and O–H groups in total. The zero-order valence-corrected chi connectivity index (χ0v) is 10.1. The number of aromatic nitrogens is 3. The molecule has 0 amide bonds. The van der Waals surface area contributed by atoms with Crippen LogP contribution in [0.4, 0.5) is 0 Å². The first-order valence-corrected chi connectivity index (χ1v) is 5.19. The van der Waals surface area contributed by atoms with Crippen molar-refractivity contribution < 1.29 is 9.47 Å². The van der Waals surface area contributed by atoms with Crippen LogP contribution in [0.5, 0.6) is 11.8 Å². The summed E-state index contributed by atoms with van der Waals surface area (Å²) in [6.07, 6.45) is 3.04. The van der Waals surface area contributed by atoms with Gasteiger partial charge in [-0.3, -0.25) is 0 Å². The predicted octanol–water partition coefficient (Wildman–Crippen LogP) is 2.21. The number of halogens is 1. The number of hydrogen-bond donors (Lipinski definition) is 0. The number of rotatable bonds is 3. The lowest BCUT2D eigenvalue weighted by molar-refractivity contribution is 0.365. The Labute approximate surface area is 103 Å². The standard InChI is InChI=1S/C11H10ClN3O2/c1-16-9-4-3-8(11(15-9)17-2)10-13-5-7(12)6-14-10/h3-6H,1-2H3. The molecule has 2 rings (SSSR count). The van der Waals surface area contributed by atoms with E-state index in [1.165, 1.54) is 19.5 Å². The molecule has 2 aromatic heterocycles. The monoisotopic (exact) mass is 251 g/mol. The van der Waals surface area contributed by atoms with Gasteiger partial charge in [0.1, 0.15) is 0 Å². The highest BCUT2D eigenvalue weighted by Crippen LogP contribution is 2.27. The van der Waals surface area contributed by atoms with E-state index in [9.17, 15) is 0 Å². The molecule has 0 spiro atoms. The number of nitrogens with zero attached hydrogens (tertiary/aromatic N) is 3. The van der Waals surface area contributed by atoms with Crippen LogP contribution in [0.25, 0.3) is 11.4 Å². The fourth-order valence-corrected chi connectivity index (χ4v) is 1.41. The second-order valence-electron chi connectivity index (χ2n) is 3.14. The van der Waals surface area contributed by atoms with Gasteiger partial charge >= 0.3 is 0 Å². The molecule has 0 radical (unpaired) electrons. The van der Waals surface area contributed by atoms with Crippen molar-refractivity contribution in [2.45, 2.75) is 0 Å². The highest BCUT2D eigenvalue weighted by atomic mass is 35.5. The maximum absolute atomic E-state index is 5.73. The van der Waals surface area contributed by atoms with Crippen LogP contribution >= 0.6 is 11.6 Å². The van der Waals surface area contributed by atoms with E-state index in [0.717, 1.165) is 0 Å². The van der Waals surface area contributed by atoms with Gasteiger partial charge in [0, 0.05) is 18.5 Å². The van der Waals surface area contributed by atoms with E-state index in [-0.39, 0.29) is 0 Å². The van der Waals surface area contributed by atoms with Gasteiger partial charge in [0.15, 0.2) is 5.82 Å². The molecule has 6 heteroatoms. The van der Waals surface area contributed by atoms with Gasteiger partial charge in [0.05, 0.1) is 24.8 Å². The van der Waals surface area contributed by atoms with Gasteiger partial charge in [-0.15, -0.1) is 0 Å².